The number of hydrogen-bond donors (Lipinski definition) is 1. The van der Waals surface area contributed by atoms with Gasteiger partial charge in [-0.1, -0.05) is 5.16 Å². The fraction of sp³-hybridized carbons (Fsp3) is 0.500. The number of likely N-dealkylation sites (tertiary alicyclic amines) is 1. The molecule has 2 aromatic heterocycles. The molecule has 1 fully saturated rings. The lowest BCUT2D eigenvalue weighted by molar-refractivity contribution is 0.0925. The molecule has 0 aliphatic carbocycles. The summed E-state index contributed by atoms with van der Waals surface area (Å²) < 4.78 is 6.84. The number of likely N-dealkylation sites (N-methyl/N-ethyl adjacent to an activating group) is 1. The molecule has 7 heteroatoms. The van der Waals surface area contributed by atoms with E-state index in [0.29, 0.717) is 5.69 Å². The molecule has 0 radical (unpaired) electrons. The average molecular weight is 289 g/mol. The van der Waals surface area contributed by atoms with Crippen molar-refractivity contribution in [1.29, 1.82) is 0 Å². The van der Waals surface area contributed by atoms with Crippen LogP contribution in [-0.4, -0.2) is 51.7 Å². The van der Waals surface area contributed by atoms with E-state index in [0.717, 1.165) is 24.3 Å². The molecule has 1 N–H and O–H groups in total. The summed E-state index contributed by atoms with van der Waals surface area (Å²) in [6.45, 7) is 3.51. The van der Waals surface area contributed by atoms with Crippen molar-refractivity contribution in [3.63, 3.8) is 0 Å². The van der Waals surface area contributed by atoms with Crippen LogP contribution in [0.5, 0.6) is 0 Å². The van der Waals surface area contributed by atoms with Crippen molar-refractivity contribution in [1.82, 2.24) is 24.9 Å². The van der Waals surface area contributed by atoms with Gasteiger partial charge in [-0.05, 0) is 14.0 Å². The second-order valence-electron chi connectivity index (χ2n) is 5.68. The Bertz CT molecular complexity index is 647. The lowest BCUT2D eigenvalue weighted by atomic mass is 10.00. The predicted octanol–water partition coefficient (Wildman–Crippen LogP) is 0.544. The van der Waals surface area contributed by atoms with Crippen LogP contribution in [0.2, 0.25) is 0 Å². The number of nitrogens with zero attached hydrogens (tertiary/aromatic N) is 4. The normalized spacial score (nSPS) is 22.6. The van der Waals surface area contributed by atoms with Crippen molar-refractivity contribution < 1.29 is 9.32 Å². The van der Waals surface area contributed by atoms with E-state index in [1.165, 1.54) is 6.26 Å². The number of rotatable bonds is 3. The molecule has 0 unspecified atom stereocenters. The average Bonchev–Trinajstić information content (AvgIpc) is 3.11. The lowest BCUT2D eigenvalue weighted by Gasteiger charge is -2.19. The number of aromatic nitrogens is 3. The highest BCUT2D eigenvalue weighted by Gasteiger charge is 2.35. The van der Waals surface area contributed by atoms with Gasteiger partial charge in [0.15, 0.2) is 5.69 Å². The van der Waals surface area contributed by atoms with Gasteiger partial charge in [0.25, 0.3) is 5.91 Å². The van der Waals surface area contributed by atoms with Crippen LogP contribution in [0, 0.1) is 6.92 Å². The molecule has 1 aliphatic rings. The Kier molecular flexibility index (Phi) is 3.50. The zero-order valence-corrected chi connectivity index (χ0v) is 12.4. The maximum Gasteiger partial charge on any atom is 0.274 e. The third-order valence-corrected chi connectivity index (χ3v) is 4.01. The monoisotopic (exact) mass is 289 g/mol. The topological polar surface area (TPSA) is 76.2 Å². The standard InChI is InChI=1S/C14H19N5O2/c1-9-7-21-17-13(9)14(20)16-11-6-18(2)5-10(11)12-4-15-8-19(12)3/h4,7-8,10-11H,5-6H2,1-3H3,(H,16,20)/t10-,11-/m1/s1. The van der Waals surface area contributed by atoms with Crippen molar-refractivity contribution >= 4 is 5.91 Å². The van der Waals surface area contributed by atoms with E-state index in [4.69, 9.17) is 4.52 Å². The number of carbonyl (C=O) groups is 1. The summed E-state index contributed by atoms with van der Waals surface area (Å²) in [5, 5.41) is 6.84. The predicted molar refractivity (Wildman–Crippen MR) is 75.9 cm³/mol. The van der Waals surface area contributed by atoms with E-state index in [1.807, 2.05) is 24.7 Å². The molecule has 3 heterocycles. The van der Waals surface area contributed by atoms with Crippen LogP contribution < -0.4 is 5.32 Å². The Morgan fingerprint density at radius 1 is 1.43 bits per heavy atom. The fourth-order valence-corrected chi connectivity index (χ4v) is 2.91. The molecule has 7 nitrogen and oxygen atoms in total. The molecule has 0 saturated carbocycles. The van der Waals surface area contributed by atoms with Gasteiger partial charge in [-0.15, -0.1) is 0 Å². The van der Waals surface area contributed by atoms with Gasteiger partial charge in [-0.25, -0.2) is 4.98 Å². The van der Waals surface area contributed by atoms with Crippen molar-refractivity contribution in [2.45, 2.75) is 18.9 Å². The van der Waals surface area contributed by atoms with Gasteiger partial charge in [0.1, 0.15) is 6.26 Å². The molecule has 0 spiro atoms. The molecule has 1 aliphatic heterocycles. The first-order valence-electron chi connectivity index (χ1n) is 6.93. The maximum atomic E-state index is 12.3. The summed E-state index contributed by atoms with van der Waals surface area (Å²) in [6.07, 6.45) is 5.13. The van der Waals surface area contributed by atoms with E-state index in [-0.39, 0.29) is 17.9 Å². The van der Waals surface area contributed by atoms with Crippen LogP contribution in [0.3, 0.4) is 0 Å². The van der Waals surface area contributed by atoms with E-state index < -0.39 is 0 Å². The maximum absolute atomic E-state index is 12.3. The van der Waals surface area contributed by atoms with Crippen LogP contribution in [0.4, 0.5) is 0 Å². The highest BCUT2D eigenvalue weighted by molar-refractivity contribution is 5.93. The summed E-state index contributed by atoms with van der Waals surface area (Å²) in [4.78, 5) is 18.7. The molecule has 0 bridgehead atoms. The van der Waals surface area contributed by atoms with Crippen molar-refractivity contribution in [3.8, 4) is 0 Å². The summed E-state index contributed by atoms with van der Waals surface area (Å²) in [6, 6.07) is 0.0361. The number of carbonyl (C=O) groups excluding carboxylic acids is 1. The number of imidazole rings is 1. The van der Waals surface area contributed by atoms with Gasteiger partial charge < -0.3 is 19.3 Å². The minimum Gasteiger partial charge on any atom is -0.364 e. The molecular weight excluding hydrogens is 270 g/mol. The van der Waals surface area contributed by atoms with Gasteiger partial charge in [0.05, 0.1) is 12.4 Å². The van der Waals surface area contributed by atoms with Crippen molar-refractivity contribution in [2.24, 2.45) is 7.05 Å². The molecule has 1 amide bonds. The number of hydrogen-bond acceptors (Lipinski definition) is 5. The van der Waals surface area contributed by atoms with Gasteiger partial charge in [0.2, 0.25) is 0 Å². The molecule has 2 atom stereocenters. The zero-order valence-electron chi connectivity index (χ0n) is 12.4. The van der Waals surface area contributed by atoms with Crippen molar-refractivity contribution in [3.05, 3.63) is 35.7 Å². The van der Waals surface area contributed by atoms with Crippen LogP contribution >= 0.6 is 0 Å². The Morgan fingerprint density at radius 2 is 2.24 bits per heavy atom. The van der Waals surface area contributed by atoms with Crippen LogP contribution in [0.1, 0.15) is 27.7 Å². The summed E-state index contributed by atoms with van der Waals surface area (Å²) in [5.41, 5.74) is 2.23. The summed E-state index contributed by atoms with van der Waals surface area (Å²) >= 11 is 0. The number of aryl methyl sites for hydroxylation is 2. The van der Waals surface area contributed by atoms with E-state index in [2.05, 4.69) is 27.4 Å². The molecular formula is C14H19N5O2. The fourth-order valence-electron chi connectivity index (χ4n) is 2.91. The van der Waals surface area contributed by atoms with Gasteiger partial charge in [-0.3, -0.25) is 4.79 Å². The molecule has 1 saturated heterocycles. The Labute approximate surface area is 122 Å². The van der Waals surface area contributed by atoms with Gasteiger partial charge in [-0.2, -0.15) is 0 Å². The van der Waals surface area contributed by atoms with Crippen LogP contribution in [0.25, 0.3) is 0 Å². The Morgan fingerprint density at radius 3 is 2.86 bits per heavy atom. The molecule has 21 heavy (non-hydrogen) atoms. The number of amides is 1. The Balaban J connectivity index is 1.79. The quantitative estimate of drug-likeness (QED) is 0.892. The molecule has 2 aromatic rings. The molecule has 112 valence electrons. The van der Waals surface area contributed by atoms with Crippen LogP contribution in [0.15, 0.2) is 23.3 Å². The summed E-state index contributed by atoms with van der Waals surface area (Å²) in [5.74, 6) is 0.0346. The first-order valence-corrected chi connectivity index (χ1v) is 6.93. The second-order valence-corrected chi connectivity index (χ2v) is 5.68. The molecule has 0 aromatic carbocycles. The smallest absolute Gasteiger partial charge is 0.274 e. The minimum absolute atomic E-state index is 0.0361. The largest absolute Gasteiger partial charge is 0.364 e. The zero-order chi connectivity index (χ0) is 15.0. The highest BCUT2D eigenvalue weighted by Crippen LogP contribution is 2.26. The highest BCUT2D eigenvalue weighted by atomic mass is 16.5. The first-order chi connectivity index (χ1) is 10.1. The van der Waals surface area contributed by atoms with E-state index in [9.17, 15) is 4.79 Å². The number of nitrogens with one attached hydrogen (secondary N) is 1. The lowest BCUT2D eigenvalue weighted by Crippen LogP contribution is -2.40. The van der Waals surface area contributed by atoms with Gasteiger partial charge >= 0.3 is 0 Å². The van der Waals surface area contributed by atoms with Crippen LogP contribution in [-0.2, 0) is 7.05 Å². The SMILES string of the molecule is Cc1conc1C(=O)N[C@@H]1CN(C)C[C@H]1c1cncn1C. The van der Waals surface area contributed by atoms with E-state index in [1.54, 1.807) is 6.33 Å². The molecule has 3 rings (SSSR count). The third-order valence-electron chi connectivity index (χ3n) is 4.01. The first kappa shape index (κ1) is 13.8. The Hall–Kier alpha value is -2.15. The second kappa shape index (κ2) is 5.33. The van der Waals surface area contributed by atoms with Crippen molar-refractivity contribution in [2.75, 3.05) is 20.1 Å². The summed E-state index contributed by atoms with van der Waals surface area (Å²) in [7, 11) is 4.03. The van der Waals surface area contributed by atoms with Gasteiger partial charge in [0, 0.05) is 43.5 Å². The van der Waals surface area contributed by atoms with E-state index >= 15 is 0 Å². The third kappa shape index (κ3) is 2.56. The minimum atomic E-state index is -0.186.